The van der Waals surface area contributed by atoms with Gasteiger partial charge in [-0.05, 0) is 93.3 Å². The number of carbonyl (C=O) groups excluding carboxylic acids is 1. The molecule has 19 nitrogen and oxygen atoms in total. The third-order valence-corrected chi connectivity index (χ3v) is 18.5. The summed E-state index contributed by atoms with van der Waals surface area (Å²) < 4.78 is 35.1. The van der Waals surface area contributed by atoms with Crippen LogP contribution < -0.4 is 0 Å². The summed E-state index contributed by atoms with van der Waals surface area (Å²) in [4.78, 5) is 15.0. The predicted octanol–water partition coefficient (Wildman–Crippen LogP) is -0.848. The molecule has 12 N–H and O–H groups in total. The van der Waals surface area contributed by atoms with Crippen molar-refractivity contribution < 1.29 is 94.5 Å². The molecule has 7 aliphatic rings. The Morgan fingerprint density at radius 2 is 1.25 bits per heavy atom. The molecule has 0 amide bonds. The molecule has 24 unspecified atom stereocenters. The molecule has 4 aliphatic carbocycles. The molecule has 0 aromatic carbocycles. The maximum atomic E-state index is 15.0. The van der Waals surface area contributed by atoms with Crippen molar-refractivity contribution in [3.8, 4) is 0 Å². The van der Waals surface area contributed by atoms with Crippen LogP contribution in [0.4, 0.5) is 0 Å². The molecule has 0 aromatic heterocycles. The summed E-state index contributed by atoms with van der Waals surface area (Å²) in [5.41, 5.74) is -1.75. The zero-order valence-electron chi connectivity index (χ0n) is 40.2. The van der Waals surface area contributed by atoms with Gasteiger partial charge >= 0.3 is 0 Å². The van der Waals surface area contributed by atoms with E-state index in [4.69, 9.17) is 28.4 Å². The summed E-state index contributed by atoms with van der Waals surface area (Å²) in [5.74, 6) is 0.0495. The summed E-state index contributed by atoms with van der Waals surface area (Å²) in [6, 6.07) is 0. The van der Waals surface area contributed by atoms with E-state index in [9.17, 15) is 66.1 Å². The van der Waals surface area contributed by atoms with Crippen LogP contribution in [0.25, 0.3) is 0 Å². The highest BCUT2D eigenvalue weighted by molar-refractivity contribution is 5.88. The quantitative estimate of drug-likeness (QED) is 0.0944. The van der Waals surface area contributed by atoms with Gasteiger partial charge in [-0.25, -0.2) is 0 Å². The van der Waals surface area contributed by atoms with Crippen LogP contribution in [-0.4, -0.2) is 197 Å². The lowest BCUT2D eigenvalue weighted by molar-refractivity contribution is -0.342. The Morgan fingerprint density at radius 3 is 1.85 bits per heavy atom. The average molecular weight is 961 g/mol. The summed E-state index contributed by atoms with van der Waals surface area (Å²) in [6.45, 7) is 14.7. The Morgan fingerprint density at radius 1 is 0.716 bits per heavy atom. The molecular weight excluding hydrogens is 881 g/mol. The number of hydrogen-bond donors (Lipinski definition) is 12. The van der Waals surface area contributed by atoms with Crippen molar-refractivity contribution in [2.45, 2.75) is 217 Å². The van der Waals surface area contributed by atoms with E-state index in [2.05, 4.69) is 40.7 Å². The summed E-state index contributed by atoms with van der Waals surface area (Å²) in [5, 5.41) is 126. The van der Waals surface area contributed by atoms with Gasteiger partial charge in [0.2, 0.25) is 0 Å². The molecule has 0 bridgehead atoms. The van der Waals surface area contributed by atoms with Crippen LogP contribution in [0.5, 0.6) is 0 Å². The highest BCUT2D eigenvalue weighted by Crippen LogP contribution is 2.74. The number of allylic oxidation sites excluding steroid dienone is 1. The first-order chi connectivity index (χ1) is 31.2. The molecule has 67 heavy (non-hydrogen) atoms. The van der Waals surface area contributed by atoms with Crippen LogP contribution >= 0.6 is 0 Å². The van der Waals surface area contributed by atoms with E-state index in [-0.39, 0.29) is 34.9 Å². The van der Waals surface area contributed by atoms with Gasteiger partial charge in [0.05, 0.1) is 37.6 Å². The molecule has 0 radical (unpaired) electrons. The van der Waals surface area contributed by atoms with Gasteiger partial charge in [0.15, 0.2) is 18.9 Å². The maximum Gasteiger partial charge on any atom is 0.187 e. The number of fused-ring (bicyclic) bond motifs is 5. The van der Waals surface area contributed by atoms with Gasteiger partial charge in [-0.15, -0.1) is 0 Å². The van der Waals surface area contributed by atoms with Crippen molar-refractivity contribution in [3.05, 3.63) is 11.6 Å². The van der Waals surface area contributed by atoms with Gasteiger partial charge in [-0.1, -0.05) is 53.2 Å². The highest BCUT2D eigenvalue weighted by Gasteiger charge is 2.71. The minimum atomic E-state index is -1.71. The Kier molecular flexibility index (Phi) is 15.7. The van der Waals surface area contributed by atoms with Crippen LogP contribution in [0, 0.1) is 45.3 Å². The third-order valence-electron chi connectivity index (χ3n) is 18.5. The van der Waals surface area contributed by atoms with E-state index in [0.717, 1.165) is 18.4 Å². The first-order valence-electron chi connectivity index (χ1n) is 24.4. The number of aliphatic hydroxyl groups excluding tert-OH is 12. The second-order valence-electron chi connectivity index (χ2n) is 22.9. The Bertz CT molecular complexity index is 1760. The van der Waals surface area contributed by atoms with E-state index in [1.807, 2.05) is 6.92 Å². The smallest absolute Gasteiger partial charge is 0.187 e. The molecule has 6 fully saturated rings. The fourth-order valence-corrected chi connectivity index (χ4v) is 13.8. The van der Waals surface area contributed by atoms with Gasteiger partial charge in [0, 0.05) is 17.3 Å². The van der Waals surface area contributed by atoms with Crippen molar-refractivity contribution in [2.75, 3.05) is 19.8 Å². The Hall–Kier alpha value is -1.31. The maximum absolute atomic E-state index is 15.0. The van der Waals surface area contributed by atoms with Gasteiger partial charge in [-0.3, -0.25) is 4.79 Å². The Labute approximate surface area is 393 Å². The molecule has 3 saturated heterocycles. The average Bonchev–Trinajstić information content (AvgIpc) is 3.55. The molecule has 386 valence electrons. The monoisotopic (exact) mass is 961 g/mol. The second-order valence-corrected chi connectivity index (χ2v) is 22.9. The second kappa shape index (κ2) is 19.6. The molecule has 24 atom stereocenters. The van der Waals surface area contributed by atoms with Gasteiger partial charge in [-0.2, -0.15) is 0 Å². The van der Waals surface area contributed by atoms with E-state index in [1.54, 1.807) is 13.8 Å². The Balaban J connectivity index is 0.981. The standard InChI is InChI=1S/C48H80O19/c1-21(25(51)14-15-44(2,3)67-43-40(61)37(58)34(55)28(65-43)20-62-41-38(59)35(56)32(53)26(18-49)63-41)22-13-16-46(6)29-11-9-23-24(48(29,8)30(52)17-47(22,46)7)10-12-31(45(23,4)5)66-42-39(60)36(57)33(54)27(19-50)64-42/h9,21-22,24-29,31-43,49-51,53-61H,10-20H2,1-8H3. The number of rotatable bonds is 14. The van der Waals surface area contributed by atoms with Crippen LogP contribution in [0.1, 0.15) is 107 Å². The van der Waals surface area contributed by atoms with E-state index in [0.29, 0.717) is 38.5 Å². The SMILES string of the molecule is CC(C(O)CCC(C)(C)OC1OC(COC2OC(CO)C(O)C(O)C2O)C(O)C(O)C1O)C1CCC2(C)C3CC=C4C(CCC(OC5OC(CO)C(O)C(O)C5O)C4(C)C)C3(C)C(=O)CC12C. The molecule has 3 saturated carbocycles. The van der Waals surface area contributed by atoms with Crippen LogP contribution in [-0.2, 0) is 33.2 Å². The van der Waals surface area contributed by atoms with Gasteiger partial charge in [0.25, 0.3) is 0 Å². The molecular formula is C48H80O19. The molecule has 0 aromatic rings. The lowest BCUT2D eigenvalue weighted by Crippen LogP contribution is -2.64. The lowest BCUT2D eigenvalue weighted by atomic mass is 9.38. The molecule has 7 rings (SSSR count). The third kappa shape index (κ3) is 9.15. The summed E-state index contributed by atoms with van der Waals surface area (Å²) in [7, 11) is 0. The van der Waals surface area contributed by atoms with Crippen molar-refractivity contribution in [3.63, 3.8) is 0 Å². The van der Waals surface area contributed by atoms with Gasteiger partial charge in [0.1, 0.15) is 79.0 Å². The zero-order valence-corrected chi connectivity index (χ0v) is 40.2. The normalized spacial score (nSPS) is 49.9. The van der Waals surface area contributed by atoms with Crippen molar-refractivity contribution >= 4 is 5.78 Å². The molecule has 0 spiro atoms. The predicted molar refractivity (Wildman–Crippen MR) is 234 cm³/mol. The molecule has 3 aliphatic heterocycles. The van der Waals surface area contributed by atoms with Crippen molar-refractivity contribution in [2.24, 2.45) is 45.3 Å². The number of hydrogen-bond acceptors (Lipinski definition) is 19. The van der Waals surface area contributed by atoms with E-state index >= 15 is 0 Å². The topological polar surface area (TPSA) is 315 Å². The number of carbonyl (C=O) groups is 1. The number of ketones is 1. The van der Waals surface area contributed by atoms with Gasteiger partial charge < -0.3 is 89.7 Å². The summed E-state index contributed by atoms with van der Waals surface area (Å²) >= 11 is 0. The molecule has 19 heteroatoms. The first kappa shape index (κ1) is 53.5. The van der Waals surface area contributed by atoms with Crippen LogP contribution in [0.2, 0.25) is 0 Å². The minimum absolute atomic E-state index is 0.0270. The first-order valence-corrected chi connectivity index (χ1v) is 24.4. The minimum Gasteiger partial charge on any atom is -0.394 e. The van der Waals surface area contributed by atoms with E-state index in [1.165, 1.54) is 0 Å². The van der Waals surface area contributed by atoms with Crippen molar-refractivity contribution in [1.82, 2.24) is 0 Å². The van der Waals surface area contributed by atoms with Crippen LogP contribution in [0.3, 0.4) is 0 Å². The largest absolute Gasteiger partial charge is 0.394 e. The van der Waals surface area contributed by atoms with E-state index < -0.39 is 146 Å². The fraction of sp³-hybridized carbons (Fsp3) is 0.938. The number of aliphatic hydroxyl groups is 12. The highest BCUT2D eigenvalue weighted by atomic mass is 16.7. The summed E-state index contributed by atoms with van der Waals surface area (Å²) in [6.07, 6.45) is -16.7. The lowest BCUT2D eigenvalue weighted by Gasteiger charge is -2.65. The van der Waals surface area contributed by atoms with Crippen LogP contribution in [0.15, 0.2) is 11.6 Å². The van der Waals surface area contributed by atoms with Crippen molar-refractivity contribution in [1.29, 1.82) is 0 Å². The fourth-order valence-electron chi connectivity index (χ4n) is 13.8. The number of ether oxygens (including phenoxy) is 6. The molecule has 3 heterocycles. The zero-order chi connectivity index (χ0) is 49.5. The number of Topliss-reactive ketones (excluding diaryl/α,β-unsaturated/α-hetero) is 1.